The molecule has 5 aliphatic rings. The number of hydrogen-bond donors (Lipinski definition) is 0. The highest BCUT2D eigenvalue weighted by Gasteiger charge is 2.70. The second-order valence-corrected chi connectivity index (χ2v) is 9.68. The minimum Gasteiger partial charge on any atom is -0.295 e. The van der Waals surface area contributed by atoms with E-state index in [0.29, 0.717) is 23.5 Å². The molecule has 2 heteroatoms. The normalized spacial score (nSPS) is 54.7. The molecule has 0 aliphatic heterocycles. The van der Waals surface area contributed by atoms with Gasteiger partial charge in [-0.15, -0.1) is 0 Å². The van der Waals surface area contributed by atoms with Gasteiger partial charge in [0.15, 0.2) is 5.78 Å². The highest BCUT2D eigenvalue weighted by atomic mass is 16.1. The van der Waals surface area contributed by atoms with E-state index in [1.807, 2.05) is 6.08 Å². The lowest BCUT2D eigenvalue weighted by Crippen LogP contribution is -2.51. The number of hydrogen-bond acceptors (Lipinski definition) is 2. The fourth-order valence-corrected chi connectivity index (χ4v) is 7.98. The van der Waals surface area contributed by atoms with Crippen molar-refractivity contribution in [1.29, 1.82) is 5.26 Å². The minimum absolute atomic E-state index is 0.280. The number of allylic oxidation sites excluding steroid dienone is 1. The molecule has 0 bridgehead atoms. The van der Waals surface area contributed by atoms with Gasteiger partial charge in [-0.05, 0) is 85.0 Å². The molecule has 128 valence electrons. The molecule has 0 heterocycles. The number of fused-ring (bicyclic) bond motifs is 7. The van der Waals surface area contributed by atoms with Crippen LogP contribution in [-0.4, -0.2) is 5.78 Å². The van der Waals surface area contributed by atoms with Crippen LogP contribution < -0.4 is 0 Å². The molecule has 0 spiro atoms. The lowest BCUT2D eigenvalue weighted by molar-refractivity contribution is -0.116. The standard InChI is InChI=1S/C22H29NO/c1-3-12-8-13-9-14(24)4-5-15(13)16-6-7-22(2)19(11-23)17-10-18(17)21(22)20(12)16/h9,12,15-21H,3-8,10H2,1-2H3/t12-,15?,16?,17?,18?,19?,20?,21?,22?/m1/s1. The van der Waals surface area contributed by atoms with Crippen LogP contribution in [0.2, 0.25) is 0 Å². The number of carbonyl (C=O) groups excluding carboxylic acids is 1. The second-order valence-electron chi connectivity index (χ2n) is 9.68. The highest BCUT2D eigenvalue weighted by molar-refractivity contribution is 5.91. The minimum atomic E-state index is 0.280. The Kier molecular flexibility index (Phi) is 3.14. The van der Waals surface area contributed by atoms with Crippen molar-refractivity contribution < 1.29 is 4.79 Å². The van der Waals surface area contributed by atoms with Crippen LogP contribution in [-0.2, 0) is 4.79 Å². The van der Waals surface area contributed by atoms with Gasteiger partial charge in [0, 0.05) is 6.42 Å². The Balaban J connectivity index is 1.55. The van der Waals surface area contributed by atoms with Crippen LogP contribution in [0.1, 0.15) is 58.8 Å². The first kappa shape index (κ1) is 15.2. The molecular weight excluding hydrogens is 294 g/mol. The van der Waals surface area contributed by atoms with Crippen molar-refractivity contribution in [2.24, 2.45) is 52.8 Å². The third-order valence-corrected chi connectivity index (χ3v) is 8.92. The maximum Gasteiger partial charge on any atom is 0.155 e. The predicted molar refractivity (Wildman–Crippen MR) is 92.7 cm³/mol. The first-order chi connectivity index (χ1) is 11.6. The van der Waals surface area contributed by atoms with Gasteiger partial charge in [-0.2, -0.15) is 5.26 Å². The van der Waals surface area contributed by atoms with Gasteiger partial charge in [-0.25, -0.2) is 0 Å². The Morgan fingerprint density at radius 1 is 1.29 bits per heavy atom. The van der Waals surface area contributed by atoms with Crippen molar-refractivity contribution in [2.75, 3.05) is 0 Å². The number of nitrogens with zero attached hydrogens (tertiary/aromatic N) is 1. The first-order valence-corrected chi connectivity index (χ1v) is 10.2. The Bertz CT molecular complexity index is 657. The van der Waals surface area contributed by atoms with E-state index < -0.39 is 0 Å². The van der Waals surface area contributed by atoms with Crippen LogP contribution in [0, 0.1) is 64.1 Å². The Morgan fingerprint density at radius 3 is 2.88 bits per heavy atom. The Morgan fingerprint density at radius 2 is 2.12 bits per heavy atom. The SMILES string of the molecule is CC[C@@H]1CC2=CC(=O)CCC2C2CCC3(C)C(C#N)C4CC4C3C21. The zero-order valence-electron chi connectivity index (χ0n) is 15.0. The van der Waals surface area contributed by atoms with Crippen LogP contribution in [0.3, 0.4) is 0 Å². The molecule has 0 radical (unpaired) electrons. The van der Waals surface area contributed by atoms with Gasteiger partial charge in [0.25, 0.3) is 0 Å². The van der Waals surface area contributed by atoms with Crippen molar-refractivity contribution in [3.8, 4) is 6.07 Å². The summed E-state index contributed by atoms with van der Waals surface area (Å²) in [5, 5.41) is 9.81. The molecule has 0 N–H and O–H groups in total. The fourth-order valence-electron chi connectivity index (χ4n) is 7.98. The average Bonchev–Trinajstić information content (AvgIpc) is 3.28. The van der Waals surface area contributed by atoms with Gasteiger partial charge < -0.3 is 0 Å². The molecule has 4 fully saturated rings. The Labute approximate surface area is 145 Å². The number of rotatable bonds is 1. The molecule has 0 amide bonds. The maximum absolute atomic E-state index is 11.9. The average molecular weight is 323 g/mol. The number of ketones is 1. The summed E-state index contributed by atoms with van der Waals surface area (Å²) in [6, 6.07) is 2.73. The molecule has 9 atom stereocenters. The van der Waals surface area contributed by atoms with Gasteiger partial charge >= 0.3 is 0 Å². The first-order valence-electron chi connectivity index (χ1n) is 10.2. The number of carbonyl (C=O) groups is 1. The van der Waals surface area contributed by atoms with Crippen LogP contribution in [0.15, 0.2) is 11.6 Å². The van der Waals surface area contributed by atoms with E-state index in [4.69, 9.17) is 0 Å². The Hall–Kier alpha value is -1.10. The van der Waals surface area contributed by atoms with Crippen LogP contribution in [0.4, 0.5) is 0 Å². The van der Waals surface area contributed by atoms with E-state index >= 15 is 0 Å². The van der Waals surface area contributed by atoms with Gasteiger partial charge in [0.05, 0.1) is 12.0 Å². The molecule has 8 unspecified atom stereocenters. The van der Waals surface area contributed by atoms with E-state index in [0.717, 1.165) is 48.9 Å². The summed E-state index contributed by atoms with van der Waals surface area (Å²) >= 11 is 0. The smallest absolute Gasteiger partial charge is 0.155 e. The topological polar surface area (TPSA) is 40.9 Å². The van der Waals surface area contributed by atoms with Crippen LogP contribution in [0.25, 0.3) is 0 Å². The summed E-state index contributed by atoms with van der Waals surface area (Å²) in [5.74, 6) is 6.06. The summed E-state index contributed by atoms with van der Waals surface area (Å²) in [6.07, 6.45) is 10.2. The highest BCUT2D eigenvalue weighted by Crippen LogP contribution is 2.75. The largest absolute Gasteiger partial charge is 0.295 e. The zero-order valence-corrected chi connectivity index (χ0v) is 15.0. The van der Waals surface area contributed by atoms with Gasteiger partial charge in [-0.1, -0.05) is 25.8 Å². The summed E-state index contributed by atoms with van der Waals surface area (Å²) in [7, 11) is 0. The summed E-state index contributed by atoms with van der Waals surface area (Å²) < 4.78 is 0. The lowest BCUT2D eigenvalue weighted by Gasteiger charge is -2.57. The third-order valence-electron chi connectivity index (χ3n) is 8.92. The van der Waals surface area contributed by atoms with Crippen molar-refractivity contribution in [2.45, 2.75) is 58.8 Å². The van der Waals surface area contributed by atoms with E-state index in [2.05, 4.69) is 19.9 Å². The number of nitriles is 1. The molecule has 0 aromatic carbocycles. The van der Waals surface area contributed by atoms with E-state index in [-0.39, 0.29) is 5.41 Å². The van der Waals surface area contributed by atoms with Crippen LogP contribution >= 0.6 is 0 Å². The molecular formula is C22H29NO. The summed E-state index contributed by atoms with van der Waals surface area (Å²) in [5.41, 5.74) is 1.77. The monoisotopic (exact) mass is 323 g/mol. The quantitative estimate of drug-likeness (QED) is 0.698. The zero-order chi connectivity index (χ0) is 16.6. The molecule has 5 rings (SSSR count). The second kappa shape index (κ2) is 4.96. The van der Waals surface area contributed by atoms with Crippen molar-refractivity contribution in [3.05, 3.63) is 11.6 Å². The van der Waals surface area contributed by atoms with E-state index in [1.54, 1.807) is 0 Å². The van der Waals surface area contributed by atoms with Crippen LogP contribution in [0.5, 0.6) is 0 Å². The summed E-state index contributed by atoms with van der Waals surface area (Å²) in [6.45, 7) is 4.80. The lowest BCUT2D eigenvalue weighted by atomic mass is 9.47. The molecule has 2 nitrogen and oxygen atoms in total. The molecule has 4 saturated carbocycles. The molecule has 0 aromatic heterocycles. The van der Waals surface area contributed by atoms with E-state index in [9.17, 15) is 10.1 Å². The van der Waals surface area contributed by atoms with Crippen molar-refractivity contribution in [3.63, 3.8) is 0 Å². The van der Waals surface area contributed by atoms with Crippen molar-refractivity contribution in [1.82, 2.24) is 0 Å². The molecule has 5 aliphatic carbocycles. The summed E-state index contributed by atoms with van der Waals surface area (Å²) in [4.78, 5) is 11.9. The fraction of sp³-hybridized carbons (Fsp3) is 0.818. The molecule has 24 heavy (non-hydrogen) atoms. The van der Waals surface area contributed by atoms with Gasteiger partial charge in [0.1, 0.15) is 0 Å². The molecule has 0 aromatic rings. The van der Waals surface area contributed by atoms with E-state index in [1.165, 1.54) is 31.3 Å². The maximum atomic E-state index is 11.9. The van der Waals surface area contributed by atoms with Gasteiger partial charge in [-0.3, -0.25) is 4.79 Å². The molecule has 0 saturated heterocycles. The third kappa shape index (κ3) is 1.80. The van der Waals surface area contributed by atoms with Gasteiger partial charge in [0.2, 0.25) is 0 Å². The predicted octanol–water partition coefficient (Wildman–Crippen LogP) is 4.76. The van der Waals surface area contributed by atoms with Crippen molar-refractivity contribution >= 4 is 5.78 Å².